The van der Waals surface area contributed by atoms with Crippen LogP contribution in [0.4, 0.5) is 4.39 Å². The van der Waals surface area contributed by atoms with Gasteiger partial charge in [0, 0.05) is 0 Å². The first-order valence-corrected chi connectivity index (χ1v) is 8.09. The van der Waals surface area contributed by atoms with Crippen LogP contribution in [0.1, 0.15) is 58.8 Å². The van der Waals surface area contributed by atoms with Gasteiger partial charge in [-0.05, 0) is 37.8 Å². The van der Waals surface area contributed by atoms with E-state index in [9.17, 15) is 4.39 Å². The van der Waals surface area contributed by atoms with Gasteiger partial charge in [-0.25, -0.2) is 4.39 Å². The standard InChI is InChI=1S/C20H28FN/c1-3-5-6-8-13-20(14-9-7-10-17-22)18-19(12-4-2)15-11-16-21/h4,7,9,11-12,15-16,18H,3,5-6,8,10,13-14H2,1-2H3/b9-7+,12-4-,16-11+,19-15+,20-18+. The van der Waals surface area contributed by atoms with Crippen molar-refractivity contribution in [1.82, 2.24) is 0 Å². The Labute approximate surface area is 135 Å². The fraction of sp³-hybridized carbons (Fsp3) is 0.450. The minimum Gasteiger partial charge on any atom is -0.216 e. The second kappa shape index (κ2) is 15.5. The molecule has 2 heteroatoms. The van der Waals surface area contributed by atoms with Crippen LogP contribution in [0.15, 0.2) is 60.0 Å². The largest absolute Gasteiger partial charge is 0.216 e. The highest BCUT2D eigenvalue weighted by atomic mass is 19.1. The van der Waals surface area contributed by atoms with Crippen molar-refractivity contribution in [2.75, 3.05) is 0 Å². The second-order valence-electron chi connectivity index (χ2n) is 5.14. The Morgan fingerprint density at radius 1 is 1.18 bits per heavy atom. The van der Waals surface area contributed by atoms with Crippen molar-refractivity contribution in [2.45, 2.75) is 58.8 Å². The summed E-state index contributed by atoms with van der Waals surface area (Å²) in [5, 5.41) is 8.57. The molecule has 0 atom stereocenters. The lowest BCUT2D eigenvalue weighted by atomic mass is 10.00. The lowest BCUT2D eigenvalue weighted by Gasteiger charge is -2.06. The molecule has 0 spiro atoms. The van der Waals surface area contributed by atoms with Crippen molar-refractivity contribution in [3.63, 3.8) is 0 Å². The molecule has 0 aromatic rings. The minimum absolute atomic E-state index is 0.450. The molecule has 0 saturated carbocycles. The third-order valence-corrected chi connectivity index (χ3v) is 3.20. The summed E-state index contributed by atoms with van der Waals surface area (Å²) in [6.07, 6.45) is 21.0. The predicted molar refractivity (Wildman–Crippen MR) is 94.0 cm³/mol. The Balaban J connectivity index is 4.90. The highest BCUT2D eigenvalue weighted by Gasteiger charge is 1.98. The highest BCUT2D eigenvalue weighted by molar-refractivity contribution is 5.36. The quantitative estimate of drug-likeness (QED) is 0.236. The number of hydrogen-bond acceptors (Lipinski definition) is 1. The Bertz CT molecular complexity index is 459. The van der Waals surface area contributed by atoms with Gasteiger partial charge in [0.1, 0.15) is 0 Å². The van der Waals surface area contributed by atoms with Crippen molar-refractivity contribution in [2.24, 2.45) is 0 Å². The van der Waals surface area contributed by atoms with Crippen LogP contribution in [-0.2, 0) is 0 Å². The molecule has 0 N–H and O–H groups in total. The summed E-state index contributed by atoms with van der Waals surface area (Å²) in [5.41, 5.74) is 2.32. The average Bonchev–Trinajstić information content (AvgIpc) is 2.53. The van der Waals surface area contributed by atoms with Crippen LogP contribution in [0.5, 0.6) is 0 Å². The summed E-state index contributed by atoms with van der Waals surface area (Å²) in [6, 6.07) is 2.11. The van der Waals surface area contributed by atoms with E-state index in [1.54, 1.807) is 6.08 Å². The minimum atomic E-state index is 0.450. The summed E-state index contributed by atoms with van der Waals surface area (Å²) in [7, 11) is 0. The van der Waals surface area contributed by atoms with Gasteiger partial charge in [0.15, 0.2) is 0 Å². The number of rotatable bonds is 11. The molecule has 0 aromatic carbocycles. The molecule has 22 heavy (non-hydrogen) atoms. The van der Waals surface area contributed by atoms with Gasteiger partial charge in [-0.15, -0.1) is 0 Å². The zero-order valence-electron chi connectivity index (χ0n) is 13.9. The number of nitriles is 1. The normalized spacial score (nSPS) is 13.5. The molecule has 0 rings (SSSR count). The molecular formula is C20H28FN. The molecular weight excluding hydrogens is 273 g/mol. The molecule has 1 nitrogen and oxygen atoms in total. The van der Waals surface area contributed by atoms with Gasteiger partial charge >= 0.3 is 0 Å². The van der Waals surface area contributed by atoms with Crippen molar-refractivity contribution >= 4 is 0 Å². The second-order valence-corrected chi connectivity index (χ2v) is 5.14. The van der Waals surface area contributed by atoms with E-state index in [4.69, 9.17) is 5.26 Å². The summed E-state index contributed by atoms with van der Waals surface area (Å²) in [6.45, 7) is 4.16. The molecule has 0 unspecified atom stereocenters. The number of halogens is 1. The third-order valence-electron chi connectivity index (χ3n) is 3.20. The van der Waals surface area contributed by atoms with E-state index in [2.05, 4.69) is 19.1 Å². The third kappa shape index (κ3) is 11.9. The maximum absolute atomic E-state index is 12.2. The molecule has 0 aliphatic heterocycles. The molecule has 0 fully saturated rings. The van der Waals surface area contributed by atoms with Crippen molar-refractivity contribution in [3.8, 4) is 6.07 Å². The van der Waals surface area contributed by atoms with Crippen molar-refractivity contribution in [1.29, 1.82) is 5.26 Å². The van der Waals surface area contributed by atoms with Crippen LogP contribution in [0.25, 0.3) is 0 Å². The number of hydrogen-bond donors (Lipinski definition) is 0. The monoisotopic (exact) mass is 301 g/mol. The van der Waals surface area contributed by atoms with Crippen LogP contribution < -0.4 is 0 Å². The summed E-state index contributed by atoms with van der Waals surface area (Å²) >= 11 is 0. The molecule has 0 aromatic heterocycles. The number of allylic oxidation sites excluding steroid dienone is 9. The lowest BCUT2D eigenvalue weighted by molar-refractivity contribution is 0.660. The molecule has 120 valence electrons. The van der Waals surface area contributed by atoms with Crippen LogP contribution in [0.2, 0.25) is 0 Å². The summed E-state index contributed by atoms with van der Waals surface area (Å²) in [4.78, 5) is 0. The fourth-order valence-corrected chi connectivity index (χ4v) is 2.11. The molecule has 0 aliphatic carbocycles. The molecule has 0 radical (unpaired) electrons. The average molecular weight is 301 g/mol. The lowest BCUT2D eigenvalue weighted by Crippen LogP contribution is -1.86. The Morgan fingerprint density at radius 3 is 2.64 bits per heavy atom. The molecule has 0 aliphatic rings. The van der Waals surface area contributed by atoms with Gasteiger partial charge in [-0.1, -0.05) is 68.2 Å². The van der Waals surface area contributed by atoms with Crippen molar-refractivity contribution < 1.29 is 4.39 Å². The van der Waals surface area contributed by atoms with E-state index in [-0.39, 0.29) is 0 Å². The smallest absolute Gasteiger partial charge is 0.0867 e. The first-order valence-electron chi connectivity index (χ1n) is 8.09. The molecule has 0 bridgehead atoms. The predicted octanol–water partition coefficient (Wildman–Crippen LogP) is 6.73. The van der Waals surface area contributed by atoms with Crippen LogP contribution >= 0.6 is 0 Å². The van der Waals surface area contributed by atoms with E-state index < -0.39 is 0 Å². The summed E-state index contributed by atoms with van der Waals surface area (Å²) < 4.78 is 12.2. The molecule has 0 saturated heterocycles. The van der Waals surface area contributed by atoms with Gasteiger partial charge in [0.05, 0.1) is 18.8 Å². The first kappa shape index (κ1) is 20.1. The van der Waals surface area contributed by atoms with E-state index >= 15 is 0 Å². The van der Waals surface area contributed by atoms with Crippen molar-refractivity contribution in [3.05, 3.63) is 60.0 Å². The van der Waals surface area contributed by atoms with Gasteiger partial charge in [-0.2, -0.15) is 5.26 Å². The van der Waals surface area contributed by atoms with E-state index in [1.807, 2.05) is 31.2 Å². The Hall–Kier alpha value is -1.88. The molecule has 0 amide bonds. The highest BCUT2D eigenvalue weighted by Crippen LogP contribution is 2.17. The Kier molecular flexibility index (Phi) is 14.2. The van der Waals surface area contributed by atoms with E-state index in [1.165, 1.54) is 37.3 Å². The first-order chi connectivity index (χ1) is 10.8. The maximum atomic E-state index is 12.2. The SMILES string of the molecule is C\C=C/C(=C\C=C\F)/C=C(/C/C=C/CC#N)CCCCCC. The Morgan fingerprint density at radius 2 is 2.00 bits per heavy atom. The summed E-state index contributed by atoms with van der Waals surface area (Å²) in [5.74, 6) is 0. The van der Waals surface area contributed by atoms with Gasteiger partial charge in [0.25, 0.3) is 0 Å². The van der Waals surface area contributed by atoms with Gasteiger partial charge in [0.2, 0.25) is 0 Å². The van der Waals surface area contributed by atoms with E-state index in [0.29, 0.717) is 12.8 Å². The van der Waals surface area contributed by atoms with Gasteiger partial charge in [-0.3, -0.25) is 0 Å². The number of unbranched alkanes of at least 4 members (excludes halogenated alkanes) is 3. The van der Waals surface area contributed by atoms with Crippen LogP contribution in [0.3, 0.4) is 0 Å². The topological polar surface area (TPSA) is 23.8 Å². The maximum Gasteiger partial charge on any atom is 0.0867 e. The van der Waals surface area contributed by atoms with Crippen LogP contribution in [-0.4, -0.2) is 0 Å². The van der Waals surface area contributed by atoms with Gasteiger partial charge < -0.3 is 0 Å². The number of nitrogens with zero attached hydrogens (tertiary/aromatic N) is 1. The van der Waals surface area contributed by atoms with E-state index in [0.717, 1.165) is 18.4 Å². The fourth-order valence-electron chi connectivity index (χ4n) is 2.11. The zero-order chi connectivity index (χ0) is 16.5. The van der Waals surface area contributed by atoms with Crippen LogP contribution in [0, 0.1) is 11.3 Å². The molecule has 0 heterocycles. The zero-order valence-corrected chi connectivity index (χ0v) is 13.9.